The topological polar surface area (TPSA) is 45.3 Å². The number of hydrogen-bond donors (Lipinski definition) is 1. The van der Waals surface area contributed by atoms with Crippen LogP contribution in [0.15, 0.2) is 17.1 Å². The molecule has 1 saturated heterocycles. The van der Waals surface area contributed by atoms with Crippen molar-refractivity contribution in [1.82, 2.24) is 9.88 Å². The van der Waals surface area contributed by atoms with Gasteiger partial charge in [0, 0.05) is 32.5 Å². The minimum absolute atomic E-state index is 0.140. The minimum atomic E-state index is -4.48. The normalized spacial score (nSPS) is 17.2. The predicted octanol–water partition coefficient (Wildman–Crippen LogP) is 1.66. The van der Waals surface area contributed by atoms with E-state index in [0.717, 1.165) is 19.6 Å². The maximum Gasteiger partial charge on any atom is 0.416 e. The predicted molar refractivity (Wildman–Crippen MR) is 67.6 cm³/mol. The van der Waals surface area contributed by atoms with Gasteiger partial charge in [0.05, 0.1) is 11.7 Å². The monoisotopic (exact) mass is 290 g/mol. The summed E-state index contributed by atoms with van der Waals surface area (Å²) >= 11 is 0. The number of hydrogen-bond acceptors (Lipinski definition) is 3. The molecule has 1 aliphatic heterocycles. The van der Waals surface area contributed by atoms with Gasteiger partial charge in [0.25, 0.3) is 0 Å². The first-order valence-electron chi connectivity index (χ1n) is 6.44. The molecule has 0 radical (unpaired) electrons. The Labute approximate surface area is 114 Å². The van der Waals surface area contributed by atoms with Crippen LogP contribution in [0.5, 0.6) is 0 Å². The second-order valence-electron chi connectivity index (χ2n) is 4.95. The zero-order chi connectivity index (χ0) is 14.8. The maximum absolute atomic E-state index is 12.8. The van der Waals surface area contributed by atoms with Crippen LogP contribution in [0.3, 0.4) is 0 Å². The first kappa shape index (κ1) is 15.1. The molecule has 0 unspecified atom stereocenters. The summed E-state index contributed by atoms with van der Waals surface area (Å²) in [6.07, 6.45) is -2.17. The van der Waals surface area contributed by atoms with Crippen LogP contribution >= 0.6 is 0 Å². The highest BCUT2D eigenvalue weighted by atomic mass is 19.4. The molecule has 1 aliphatic rings. The number of halogens is 3. The van der Waals surface area contributed by atoms with Gasteiger partial charge in [-0.1, -0.05) is 0 Å². The minimum Gasteiger partial charge on any atom is -0.379 e. The largest absolute Gasteiger partial charge is 0.416 e. The quantitative estimate of drug-likeness (QED) is 0.897. The summed E-state index contributed by atoms with van der Waals surface area (Å²) < 4.78 is 43.6. The lowest BCUT2D eigenvalue weighted by atomic mass is 10.0. The van der Waals surface area contributed by atoms with Crippen LogP contribution in [-0.4, -0.2) is 42.7 Å². The van der Waals surface area contributed by atoms with E-state index in [9.17, 15) is 18.0 Å². The van der Waals surface area contributed by atoms with Crippen LogP contribution < -0.4 is 5.56 Å². The van der Waals surface area contributed by atoms with Gasteiger partial charge in [-0.2, -0.15) is 13.2 Å². The van der Waals surface area contributed by atoms with Gasteiger partial charge < -0.3 is 9.72 Å². The van der Waals surface area contributed by atoms with E-state index in [2.05, 4.69) is 9.88 Å². The first-order chi connectivity index (χ1) is 9.40. The number of alkyl halides is 3. The smallest absolute Gasteiger partial charge is 0.379 e. The van der Waals surface area contributed by atoms with Crippen molar-refractivity contribution in [3.8, 4) is 0 Å². The van der Waals surface area contributed by atoms with Crippen molar-refractivity contribution < 1.29 is 17.9 Å². The summed E-state index contributed by atoms with van der Waals surface area (Å²) in [5, 5.41) is 0. The van der Waals surface area contributed by atoms with Gasteiger partial charge in [-0.3, -0.25) is 9.69 Å². The molecule has 2 rings (SSSR count). The third-order valence-electron chi connectivity index (χ3n) is 3.49. The van der Waals surface area contributed by atoms with Crippen molar-refractivity contribution in [2.45, 2.75) is 25.1 Å². The molecule has 0 atom stereocenters. The summed E-state index contributed by atoms with van der Waals surface area (Å²) in [6.45, 7) is 2.39. The average Bonchev–Trinajstić information content (AvgIpc) is 2.32. The summed E-state index contributed by atoms with van der Waals surface area (Å²) in [7, 11) is 1.65. The van der Waals surface area contributed by atoms with Crippen LogP contribution in [0.25, 0.3) is 0 Å². The van der Waals surface area contributed by atoms with Crippen molar-refractivity contribution in [2.75, 3.05) is 26.7 Å². The van der Waals surface area contributed by atoms with Crippen molar-refractivity contribution in [2.24, 2.45) is 0 Å². The molecule has 2 heterocycles. The Morgan fingerprint density at radius 2 is 2.15 bits per heavy atom. The van der Waals surface area contributed by atoms with E-state index in [1.807, 2.05) is 0 Å². The first-order valence-corrected chi connectivity index (χ1v) is 6.44. The van der Waals surface area contributed by atoms with Gasteiger partial charge in [0.2, 0.25) is 5.56 Å². The maximum atomic E-state index is 12.8. The number of pyridine rings is 1. The van der Waals surface area contributed by atoms with E-state index in [4.69, 9.17) is 4.74 Å². The van der Waals surface area contributed by atoms with E-state index in [0.29, 0.717) is 18.9 Å². The Morgan fingerprint density at radius 1 is 1.45 bits per heavy atom. The number of nitrogens with one attached hydrogen (secondary N) is 1. The van der Waals surface area contributed by atoms with Crippen molar-refractivity contribution in [3.05, 3.63) is 33.7 Å². The van der Waals surface area contributed by atoms with E-state index in [-0.39, 0.29) is 11.7 Å². The van der Waals surface area contributed by atoms with Gasteiger partial charge in [0.15, 0.2) is 0 Å². The number of aromatic nitrogens is 1. The highest BCUT2D eigenvalue weighted by Crippen LogP contribution is 2.31. The van der Waals surface area contributed by atoms with Gasteiger partial charge in [-0.05, 0) is 24.9 Å². The Morgan fingerprint density at radius 3 is 2.75 bits per heavy atom. The lowest BCUT2D eigenvalue weighted by Gasteiger charge is -2.38. The SMILES string of the molecule is COC1CN(CCCc2c[nH]c(=O)cc2C(F)(F)F)C1. The van der Waals surface area contributed by atoms with Crippen LogP contribution in [0.2, 0.25) is 0 Å². The molecular weight excluding hydrogens is 273 g/mol. The standard InChI is InChI=1S/C13H17F3N2O2/c1-20-10-7-18(8-10)4-2-3-9-6-17-12(19)5-11(9)13(14,15)16/h5-6,10H,2-4,7-8H2,1H3,(H,17,19). The zero-order valence-electron chi connectivity index (χ0n) is 11.2. The number of H-pyrrole nitrogens is 1. The average molecular weight is 290 g/mol. The number of methoxy groups -OCH3 is 1. The van der Waals surface area contributed by atoms with E-state index >= 15 is 0 Å². The van der Waals surface area contributed by atoms with Crippen LogP contribution in [0.1, 0.15) is 17.5 Å². The van der Waals surface area contributed by atoms with Gasteiger partial charge in [-0.25, -0.2) is 0 Å². The molecule has 0 saturated carbocycles. The van der Waals surface area contributed by atoms with Gasteiger partial charge in [-0.15, -0.1) is 0 Å². The fraction of sp³-hybridized carbons (Fsp3) is 0.615. The third-order valence-corrected chi connectivity index (χ3v) is 3.49. The number of aromatic amines is 1. The van der Waals surface area contributed by atoms with Crippen molar-refractivity contribution in [1.29, 1.82) is 0 Å². The molecule has 0 aliphatic carbocycles. The number of aryl methyl sites for hydroxylation is 1. The highest BCUT2D eigenvalue weighted by Gasteiger charge is 2.33. The summed E-state index contributed by atoms with van der Waals surface area (Å²) in [4.78, 5) is 15.5. The summed E-state index contributed by atoms with van der Waals surface area (Å²) in [5.74, 6) is 0. The lowest BCUT2D eigenvalue weighted by molar-refractivity contribution is -0.138. The van der Waals surface area contributed by atoms with Crippen LogP contribution in [0, 0.1) is 0 Å². The van der Waals surface area contributed by atoms with Crippen molar-refractivity contribution in [3.63, 3.8) is 0 Å². The van der Waals surface area contributed by atoms with E-state index in [1.165, 1.54) is 6.20 Å². The Hall–Kier alpha value is -1.34. The third kappa shape index (κ3) is 3.61. The highest BCUT2D eigenvalue weighted by molar-refractivity contribution is 5.26. The molecule has 112 valence electrons. The molecule has 20 heavy (non-hydrogen) atoms. The fourth-order valence-corrected chi connectivity index (χ4v) is 2.32. The molecule has 0 bridgehead atoms. The number of rotatable bonds is 5. The lowest BCUT2D eigenvalue weighted by Crippen LogP contribution is -2.51. The molecule has 0 amide bonds. The van der Waals surface area contributed by atoms with E-state index < -0.39 is 17.3 Å². The molecule has 7 heteroatoms. The Kier molecular flexibility index (Phi) is 4.49. The molecular formula is C13H17F3N2O2. The molecule has 1 aromatic heterocycles. The molecule has 1 N–H and O–H groups in total. The number of ether oxygens (including phenoxy) is 1. The van der Waals surface area contributed by atoms with Crippen LogP contribution in [-0.2, 0) is 17.3 Å². The second kappa shape index (κ2) is 5.97. The second-order valence-corrected chi connectivity index (χ2v) is 4.95. The number of likely N-dealkylation sites (tertiary alicyclic amines) is 1. The Bertz CT molecular complexity index is 507. The summed E-state index contributed by atoms with van der Waals surface area (Å²) in [6, 6.07) is 0.625. The Balaban J connectivity index is 1.91. The molecule has 1 fully saturated rings. The molecule has 0 aromatic carbocycles. The van der Waals surface area contributed by atoms with Gasteiger partial charge in [0.1, 0.15) is 0 Å². The van der Waals surface area contributed by atoms with Crippen LogP contribution in [0.4, 0.5) is 13.2 Å². The van der Waals surface area contributed by atoms with E-state index in [1.54, 1.807) is 7.11 Å². The van der Waals surface area contributed by atoms with Crippen molar-refractivity contribution >= 4 is 0 Å². The molecule has 4 nitrogen and oxygen atoms in total. The summed E-state index contributed by atoms with van der Waals surface area (Å²) in [5.41, 5.74) is -1.42. The molecule has 0 spiro atoms. The van der Waals surface area contributed by atoms with Gasteiger partial charge >= 0.3 is 6.18 Å². The zero-order valence-corrected chi connectivity index (χ0v) is 11.2. The number of nitrogens with zero attached hydrogens (tertiary/aromatic N) is 1. The molecule has 1 aromatic rings. The fourth-order valence-electron chi connectivity index (χ4n) is 2.32.